The number of ether oxygens (including phenoxy) is 4. The maximum absolute atomic E-state index is 12.1. The first-order valence-corrected chi connectivity index (χ1v) is 14.8. The van der Waals surface area contributed by atoms with Crippen LogP contribution in [0.25, 0.3) is 5.69 Å². The van der Waals surface area contributed by atoms with Crippen LogP contribution in [0.1, 0.15) is 47.4 Å². The normalized spacial score (nSPS) is 11.8. The fourth-order valence-corrected chi connectivity index (χ4v) is 4.40. The zero-order valence-corrected chi connectivity index (χ0v) is 28.1. The van der Waals surface area contributed by atoms with Gasteiger partial charge in [0.15, 0.2) is 6.10 Å². The number of carbonyl (C=O) groups excluding carboxylic acids is 1. The molecule has 1 unspecified atom stereocenters. The molecule has 44 heavy (non-hydrogen) atoms. The average molecular weight is 686 g/mol. The van der Waals surface area contributed by atoms with Crippen molar-refractivity contribution in [1.82, 2.24) is 9.78 Å². The van der Waals surface area contributed by atoms with Crippen LogP contribution in [0, 0.1) is 0 Å². The van der Waals surface area contributed by atoms with E-state index in [9.17, 15) is 9.59 Å². The number of halogens is 4. The van der Waals surface area contributed by atoms with Gasteiger partial charge < -0.3 is 23.4 Å². The zero-order chi connectivity index (χ0) is 32.8. The number of rotatable bonds is 8. The first kappa shape index (κ1) is 35.1. The van der Waals surface area contributed by atoms with Crippen LogP contribution < -0.4 is 20.0 Å². The van der Waals surface area contributed by atoms with Crippen molar-refractivity contribution in [2.75, 3.05) is 7.11 Å². The Hall–Kier alpha value is -3.37. The largest absolute Gasteiger partial charge is 0.489 e. The van der Waals surface area contributed by atoms with Crippen molar-refractivity contribution in [1.29, 1.82) is 0 Å². The first-order chi connectivity index (χ1) is 20.6. The Morgan fingerprint density at radius 2 is 1.45 bits per heavy atom. The Bertz CT molecular complexity index is 1640. The molecule has 0 N–H and O–H groups in total. The number of benzene rings is 3. The van der Waals surface area contributed by atoms with Crippen molar-refractivity contribution < 1.29 is 28.2 Å². The fourth-order valence-electron chi connectivity index (χ4n) is 3.45. The molecule has 0 aliphatic heterocycles. The molecule has 1 heterocycles. The number of hydrogen-bond donors (Lipinski definition) is 0. The SMILES string of the molecule is CC(C)Oc1cc(-n2nc(C(C)(C)C)oc2=O)c(Cl)cc1Cl.COC(=O)C(C)Oc1ccc(Oc2ccc(Cl)cc2Cl)cc1. The quantitative estimate of drug-likeness (QED) is 0.169. The van der Waals surface area contributed by atoms with Crippen LogP contribution in [0.15, 0.2) is 63.8 Å². The van der Waals surface area contributed by atoms with Gasteiger partial charge in [-0.3, -0.25) is 0 Å². The lowest BCUT2D eigenvalue weighted by Gasteiger charge is -2.13. The van der Waals surface area contributed by atoms with Gasteiger partial charge in [0.05, 0.1) is 34.0 Å². The number of nitrogens with zero attached hydrogens (tertiary/aromatic N) is 2. The molecule has 3 aromatic carbocycles. The van der Waals surface area contributed by atoms with Gasteiger partial charge in [0.1, 0.15) is 23.0 Å². The van der Waals surface area contributed by atoms with Crippen LogP contribution in [-0.2, 0) is 14.9 Å². The topological polar surface area (TPSA) is 102 Å². The predicted molar refractivity (Wildman–Crippen MR) is 172 cm³/mol. The third-order valence-corrected chi connectivity index (χ3v) is 6.70. The molecule has 4 aromatic rings. The molecule has 0 radical (unpaired) electrons. The molecule has 0 bridgehead atoms. The van der Waals surface area contributed by atoms with Crippen LogP contribution >= 0.6 is 46.4 Å². The van der Waals surface area contributed by atoms with Crippen LogP contribution in [0.5, 0.6) is 23.0 Å². The van der Waals surface area contributed by atoms with E-state index in [1.807, 2.05) is 34.6 Å². The molecule has 236 valence electrons. The standard InChI is InChI=1S/C16H14Cl2O4.C15H18Cl2N2O3/c1-10(16(19)20-2)21-12-4-6-13(7-5-12)22-15-8-3-11(17)9-14(15)18;1-8(2)21-12-7-11(9(16)6-10(12)17)19-14(20)22-13(18-19)15(3,4)5/h3-10H,1-2H3;6-8H,1-5H3. The maximum Gasteiger partial charge on any atom is 0.442 e. The highest BCUT2D eigenvalue weighted by molar-refractivity contribution is 6.36. The van der Waals surface area contributed by atoms with Gasteiger partial charge in [-0.05, 0) is 69.3 Å². The molecule has 0 fully saturated rings. The van der Waals surface area contributed by atoms with E-state index in [0.29, 0.717) is 49.6 Å². The molecular formula is C31H32Cl4N2O7. The van der Waals surface area contributed by atoms with Gasteiger partial charge >= 0.3 is 11.7 Å². The summed E-state index contributed by atoms with van der Waals surface area (Å²) in [6.45, 7) is 11.1. The highest BCUT2D eigenvalue weighted by atomic mass is 35.5. The minimum Gasteiger partial charge on any atom is -0.489 e. The van der Waals surface area contributed by atoms with Gasteiger partial charge in [-0.1, -0.05) is 67.2 Å². The van der Waals surface area contributed by atoms with Gasteiger partial charge in [-0.25, -0.2) is 9.59 Å². The van der Waals surface area contributed by atoms with Crippen molar-refractivity contribution in [3.63, 3.8) is 0 Å². The summed E-state index contributed by atoms with van der Waals surface area (Å²) in [7, 11) is 1.31. The zero-order valence-electron chi connectivity index (χ0n) is 25.1. The first-order valence-electron chi connectivity index (χ1n) is 13.3. The summed E-state index contributed by atoms with van der Waals surface area (Å²) in [6, 6.07) is 14.9. The van der Waals surface area contributed by atoms with E-state index >= 15 is 0 Å². The van der Waals surface area contributed by atoms with Gasteiger partial charge in [0.2, 0.25) is 5.89 Å². The van der Waals surface area contributed by atoms with Crippen LogP contribution in [0.2, 0.25) is 20.1 Å². The van der Waals surface area contributed by atoms with Crippen molar-refractivity contribution >= 4 is 52.4 Å². The van der Waals surface area contributed by atoms with E-state index < -0.39 is 17.8 Å². The van der Waals surface area contributed by atoms with Crippen LogP contribution in [-0.4, -0.2) is 35.1 Å². The second-order valence-electron chi connectivity index (χ2n) is 10.7. The van der Waals surface area contributed by atoms with E-state index in [1.165, 1.54) is 13.2 Å². The van der Waals surface area contributed by atoms with Crippen molar-refractivity contribution in [2.24, 2.45) is 0 Å². The summed E-state index contributed by atoms with van der Waals surface area (Å²) >= 11 is 24.2. The average Bonchev–Trinajstić information content (AvgIpc) is 3.34. The third-order valence-electron chi connectivity index (χ3n) is 5.57. The lowest BCUT2D eigenvalue weighted by molar-refractivity contribution is -0.147. The van der Waals surface area contributed by atoms with Crippen LogP contribution in [0.3, 0.4) is 0 Å². The minimum absolute atomic E-state index is 0.0642. The highest BCUT2D eigenvalue weighted by Crippen LogP contribution is 2.34. The maximum atomic E-state index is 12.1. The van der Waals surface area contributed by atoms with Gasteiger partial charge in [0, 0.05) is 16.5 Å². The van der Waals surface area contributed by atoms with Crippen molar-refractivity contribution in [2.45, 2.75) is 59.2 Å². The molecule has 0 aliphatic rings. The van der Waals surface area contributed by atoms with Crippen molar-refractivity contribution in [3.05, 3.63) is 91.1 Å². The molecule has 0 saturated heterocycles. The lowest BCUT2D eigenvalue weighted by Crippen LogP contribution is -2.24. The smallest absolute Gasteiger partial charge is 0.442 e. The molecule has 0 aliphatic carbocycles. The van der Waals surface area contributed by atoms with Gasteiger partial charge in [-0.15, -0.1) is 5.10 Å². The van der Waals surface area contributed by atoms with Gasteiger partial charge in [-0.2, -0.15) is 4.68 Å². The summed E-state index contributed by atoms with van der Waals surface area (Å²) in [5.74, 6) is 1.34. The molecule has 1 aromatic heterocycles. The lowest BCUT2D eigenvalue weighted by atomic mass is 9.97. The molecule has 0 spiro atoms. The number of hydrogen-bond acceptors (Lipinski definition) is 8. The Morgan fingerprint density at radius 1 is 0.841 bits per heavy atom. The Balaban J connectivity index is 0.000000240. The Kier molecular flexibility index (Phi) is 12.0. The van der Waals surface area contributed by atoms with E-state index in [-0.39, 0.29) is 16.5 Å². The predicted octanol–water partition coefficient (Wildman–Crippen LogP) is 8.94. The van der Waals surface area contributed by atoms with E-state index in [0.717, 1.165) is 4.68 Å². The number of methoxy groups -OCH3 is 1. The molecule has 13 heteroatoms. The second-order valence-corrected chi connectivity index (χ2v) is 12.3. The summed E-state index contributed by atoms with van der Waals surface area (Å²) in [5.41, 5.74) is -0.0217. The fraction of sp³-hybridized carbons (Fsp3) is 0.323. The van der Waals surface area contributed by atoms with E-state index in [1.54, 1.807) is 55.5 Å². The second kappa shape index (κ2) is 15.1. The van der Waals surface area contributed by atoms with Crippen molar-refractivity contribution in [3.8, 4) is 28.7 Å². The van der Waals surface area contributed by atoms with Gasteiger partial charge in [0.25, 0.3) is 0 Å². The molecular weight excluding hydrogens is 654 g/mol. The molecule has 0 saturated carbocycles. The molecule has 9 nitrogen and oxygen atoms in total. The Morgan fingerprint density at radius 3 is 2.00 bits per heavy atom. The molecule has 1 atom stereocenters. The highest BCUT2D eigenvalue weighted by Gasteiger charge is 2.24. The number of aromatic nitrogens is 2. The van der Waals surface area contributed by atoms with Crippen LogP contribution in [0.4, 0.5) is 0 Å². The summed E-state index contributed by atoms with van der Waals surface area (Å²) < 4.78 is 27.6. The Labute approximate surface area is 275 Å². The summed E-state index contributed by atoms with van der Waals surface area (Å²) in [4.78, 5) is 23.4. The minimum atomic E-state index is -0.678. The molecule has 4 rings (SSSR count). The van der Waals surface area contributed by atoms with E-state index in [2.05, 4.69) is 9.84 Å². The summed E-state index contributed by atoms with van der Waals surface area (Å²) in [6.07, 6.45) is -0.742. The number of carbonyl (C=O) groups is 1. The summed E-state index contributed by atoms with van der Waals surface area (Å²) in [5, 5.41) is 5.84. The van der Waals surface area contributed by atoms with E-state index in [4.69, 9.17) is 65.0 Å². The monoisotopic (exact) mass is 684 g/mol. The molecule has 0 amide bonds. The third kappa shape index (κ3) is 9.56. The number of esters is 1.